The molecule has 0 saturated carbocycles. The molecule has 3 heteroatoms. The van der Waals surface area contributed by atoms with Gasteiger partial charge in [0.05, 0.1) is 0 Å². The topological polar surface area (TPSA) is 43.1 Å². The van der Waals surface area contributed by atoms with E-state index in [0.717, 1.165) is 17.7 Å². The van der Waals surface area contributed by atoms with Crippen LogP contribution in [-0.4, -0.2) is 4.92 Å². The lowest BCUT2D eigenvalue weighted by Gasteiger charge is -2.00. The van der Waals surface area contributed by atoms with Gasteiger partial charge < -0.3 is 0 Å². The van der Waals surface area contributed by atoms with Gasteiger partial charge in [-0.05, 0) is 19.4 Å². The molecule has 0 unspecified atom stereocenters. The van der Waals surface area contributed by atoms with Gasteiger partial charge in [-0.2, -0.15) is 0 Å². The van der Waals surface area contributed by atoms with Crippen molar-refractivity contribution >= 4 is 0 Å². The maximum Gasteiger partial charge on any atom is 0.308 e. The number of nitrogens with zero attached hydrogens (tertiary/aromatic N) is 1. The minimum atomic E-state index is -0.433. The summed E-state index contributed by atoms with van der Waals surface area (Å²) in [7, 11) is 0. The monoisotopic (exact) mass is 164 g/mol. The highest BCUT2D eigenvalue weighted by Gasteiger charge is 2.06. The lowest BCUT2D eigenvalue weighted by atomic mass is 10.1. The predicted molar refractivity (Wildman–Crippen MR) is 46.3 cm³/mol. The summed E-state index contributed by atoms with van der Waals surface area (Å²) in [5, 5.41) is 10.2. The van der Waals surface area contributed by atoms with Crippen LogP contribution in [0.15, 0.2) is 18.2 Å². The van der Waals surface area contributed by atoms with E-state index in [4.69, 9.17) is 0 Å². The van der Waals surface area contributed by atoms with Gasteiger partial charge in [0.25, 0.3) is 0 Å². The highest BCUT2D eigenvalue weighted by Crippen LogP contribution is 2.12. The normalized spacial score (nSPS) is 9.83. The minimum Gasteiger partial charge on any atom is -0.264 e. The van der Waals surface area contributed by atoms with Crippen molar-refractivity contribution in [3.63, 3.8) is 0 Å². The number of hydrogen-bond acceptors (Lipinski definition) is 2. The largest absolute Gasteiger partial charge is 0.308 e. The molecule has 0 N–H and O–H groups in total. The second-order valence-electron chi connectivity index (χ2n) is 2.77. The maximum absolute atomic E-state index is 10.2. The molecule has 0 fully saturated rings. The first-order chi connectivity index (χ1) is 5.59. The Morgan fingerprint density at radius 3 is 2.58 bits per heavy atom. The molecule has 0 atom stereocenters. The van der Waals surface area contributed by atoms with E-state index in [9.17, 15) is 10.1 Å². The summed E-state index contributed by atoms with van der Waals surface area (Å²) >= 11 is 0. The molecule has 0 bridgehead atoms. The maximum atomic E-state index is 10.2. The number of nitro groups is 1. The molecule has 0 spiro atoms. The fraction of sp³-hybridized carbons (Fsp3) is 0.222. The molecular formula is C9H10NO2. The summed E-state index contributed by atoms with van der Waals surface area (Å²) in [5.74, 6) is 0. The number of hydrogen-bond donors (Lipinski definition) is 0. The Labute approximate surface area is 71.2 Å². The number of benzene rings is 1. The van der Waals surface area contributed by atoms with Crippen LogP contribution in [0.1, 0.15) is 16.7 Å². The predicted octanol–water partition coefficient (Wildman–Crippen LogP) is 2.09. The van der Waals surface area contributed by atoms with E-state index in [-0.39, 0.29) is 0 Å². The number of aryl methyl sites for hydroxylation is 2. The molecule has 0 saturated heterocycles. The van der Waals surface area contributed by atoms with E-state index in [2.05, 4.69) is 0 Å². The van der Waals surface area contributed by atoms with Crippen LogP contribution in [0.25, 0.3) is 0 Å². The average Bonchev–Trinajstić information content (AvgIpc) is 1.94. The quantitative estimate of drug-likeness (QED) is 0.496. The highest BCUT2D eigenvalue weighted by atomic mass is 16.6. The first-order valence-corrected chi connectivity index (χ1v) is 3.65. The molecular weight excluding hydrogens is 154 g/mol. The van der Waals surface area contributed by atoms with Gasteiger partial charge in [-0.1, -0.05) is 23.8 Å². The third-order valence-corrected chi connectivity index (χ3v) is 1.67. The van der Waals surface area contributed by atoms with Crippen molar-refractivity contribution in [2.75, 3.05) is 0 Å². The van der Waals surface area contributed by atoms with Crippen molar-refractivity contribution in [3.05, 3.63) is 51.5 Å². The molecule has 1 aromatic carbocycles. The third-order valence-electron chi connectivity index (χ3n) is 1.67. The summed E-state index contributed by atoms with van der Waals surface area (Å²) in [6.07, 6.45) is 0. The smallest absolute Gasteiger partial charge is 0.264 e. The molecule has 0 aliphatic heterocycles. The standard InChI is InChI=1S/C9H10NO2/c1-7-3-4-9(6-10(11)12)8(2)5-7/h3-6H,1-2H3. The molecule has 1 radical (unpaired) electrons. The van der Waals surface area contributed by atoms with Gasteiger partial charge in [-0.3, -0.25) is 10.1 Å². The van der Waals surface area contributed by atoms with Crippen LogP contribution >= 0.6 is 0 Å². The fourth-order valence-electron chi connectivity index (χ4n) is 1.08. The van der Waals surface area contributed by atoms with Crippen molar-refractivity contribution in [1.29, 1.82) is 0 Å². The first-order valence-electron chi connectivity index (χ1n) is 3.65. The second kappa shape index (κ2) is 3.34. The summed E-state index contributed by atoms with van der Waals surface area (Å²) in [6.45, 7) is 4.85. The molecule has 0 amide bonds. The van der Waals surface area contributed by atoms with E-state index < -0.39 is 4.92 Å². The zero-order valence-electron chi connectivity index (χ0n) is 7.07. The van der Waals surface area contributed by atoms with Crippen LogP contribution in [0, 0.1) is 30.5 Å². The van der Waals surface area contributed by atoms with Crippen LogP contribution in [0.4, 0.5) is 0 Å². The highest BCUT2D eigenvalue weighted by molar-refractivity contribution is 5.33. The summed E-state index contributed by atoms with van der Waals surface area (Å²) in [4.78, 5) is 9.72. The van der Waals surface area contributed by atoms with Crippen molar-refractivity contribution in [2.45, 2.75) is 13.8 Å². The van der Waals surface area contributed by atoms with Crippen LogP contribution in [0.2, 0.25) is 0 Å². The second-order valence-corrected chi connectivity index (χ2v) is 2.77. The van der Waals surface area contributed by atoms with Crippen molar-refractivity contribution in [3.8, 4) is 0 Å². The molecule has 0 heterocycles. The van der Waals surface area contributed by atoms with Gasteiger partial charge in [0.15, 0.2) is 0 Å². The molecule has 1 rings (SSSR count). The van der Waals surface area contributed by atoms with Gasteiger partial charge in [-0.25, -0.2) is 0 Å². The number of rotatable bonds is 2. The Morgan fingerprint density at radius 1 is 1.42 bits per heavy atom. The van der Waals surface area contributed by atoms with Crippen molar-refractivity contribution < 1.29 is 4.92 Å². The van der Waals surface area contributed by atoms with Gasteiger partial charge in [0.2, 0.25) is 0 Å². The zero-order valence-corrected chi connectivity index (χ0v) is 7.07. The van der Waals surface area contributed by atoms with Gasteiger partial charge in [0.1, 0.15) is 0 Å². The molecule has 0 aliphatic carbocycles. The molecule has 0 aliphatic rings. The Kier molecular flexibility index (Phi) is 2.43. The van der Waals surface area contributed by atoms with E-state index in [0.29, 0.717) is 5.56 Å². The van der Waals surface area contributed by atoms with Gasteiger partial charge in [0, 0.05) is 10.5 Å². The zero-order chi connectivity index (χ0) is 9.14. The van der Waals surface area contributed by atoms with E-state index in [1.165, 1.54) is 0 Å². The SMILES string of the molecule is Cc1ccc([CH][N+](=O)[O-])c(C)c1. The third kappa shape index (κ3) is 2.05. The van der Waals surface area contributed by atoms with Crippen LogP contribution in [0.3, 0.4) is 0 Å². The summed E-state index contributed by atoms with van der Waals surface area (Å²) in [5.41, 5.74) is 2.73. The molecule has 12 heavy (non-hydrogen) atoms. The van der Waals surface area contributed by atoms with Crippen LogP contribution < -0.4 is 0 Å². The molecule has 3 nitrogen and oxygen atoms in total. The molecule has 1 aromatic rings. The van der Waals surface area contributed by atoms with E-state index in [1.54, 1.807) is 6.07 Å². The molecule has 0 aromatic heterocycles. The lowest BCUT2D eigenvalue weighted by Crippen LogP contribution is -1.97. The molecule has 63 valence electrons. The van der Waals surface area contributed by atoms with Crippen LogP contribution in [-0.2, 0) is 0 Å². The van der Waals surface area contributed by atoms with Crippen LogP contribution in [0.5, 0.6) is 0 Å². The lowest BCUT2D eigenvalue weighted by molar-refractivity contribution is -0.429. The van der Waals surface area contributed by atoms with Gasteiger partial charge in [-0.15, -0.1) is 0 Å². The van der Waals surface area contributed by atoms with Gasteiger partial charge >= 0.3 is 6.54 Å². The van der Waals surface area contributed by atoms with E-state index >= 15 is 0 Å². The Hall–Kier alpha value is -1.38. The fourth-order valence-corrected chi connectivity index (χ4v) is 1.08. The summed E-state index contributed by atoms with van der Waals surface area (Å²) in [6, 6.07) is 5.55. The minimum absolute atomic E-state index is 0.433. The summed E-state index contributed by atoms with van der Waals surface area (Å²) < 4.78 is 0. The Bertz CT molecular complexity index is 307. The first kappa shape index (κ1) is 8.71. The van der Waals surface area contributed by atoms with Crippen molar-refractivity contribution in [1.82, 2.24) is 0 Å². The average molecular weight is 164 g/mol. The van der Waals surface area contributed by atoms with E-state index in [1.807, 2.05) is 26.0 Å². The Balaban J connectivity index is 2.93. The van der Waals surface area contributed by atoms with Crippen molar-refractivity contribution in [2.24, 2.45) is 0 Å². The Morgan fingerprint density at radius 2 is 2.08 bits per heavy atom.